The smallest absolute Gasteiger partial charge is 0.0952 e. The highest BCUT2D eigenvalue weighted by Gasteiger charge is 2.22. The molecule has 1 aromatic rings. The molecular formula is C14H21NO. The van der Waals surface area contributed by atoms with Crippen molar-refractivity contribution in [3.8, 4) is 0 Å². The van der Waals surface area contributed by atoms with E-state index in [-0.39, 0.29) is 6.10 Å². The van der Waals surface area contributed by atoms with Gasteiger partial charge in [0.1, 0.15) is 0 Å². The lowest BCUT2D eigenvalue weighted by Gasteiger charge is -2.31. The largest absolute Gasteiger partial charge is 0.371 e. The Morgan fingerprint density at radius 1 is 1.38 bits per heavy atom. The molecular weight excluding hydrogens is 198 g/mol. The van der Waals surface area contributed by atoms with E-state index in [2.05, 4.69) is 44.3 Å². The highest BCUT2D eigenvalue weighted by Crippen LogP contribution is 2.24. The summed E-state index contributed by atoms with van der Waals surface area (Å²) in [6, 6.07) is 7.11. The van der Waals surface area contributed by atoms with Crippen LogP contribution in [0.15, 0.2) is 18.2 Å². The lowest BCUT2D eigenvalue weighted by molar-refractivity contribution is 0.00188. The number of morpholine rings is 1. The summed E-state index contributed by atoms with van der Waals surface area (Å²) in [5.41, 5.74) is 3.97. The van der Waals surface area contributed by atoms with Gasteiger partial charge in [0.25, 0.3) is 0 Å². The van der Waals surface area contributed by atoms with Crippen LogP contribution in [0.1, 0.15) is 36.1 Å². The van der Waals surface area contributed by atoms with Gasteiger partial charge in [0, 0.05) is 12.6 Å². The first-order valence-corrected chi connectivity index (χ1v) is 6.13. The summed E-state index contributed by atoms with van der Waals surface area (Å²) in [6.45, 7) is 8.24. The predicted molar refractivity (Wildman–Crippen MR) is 66.7 cm³/mol. The van der Waals surface area contributed by atoms with Gasteiger partial charge < -0.3 is 10.1 Å². The minimum absolute atomic E-state index is 0.225. The Balaban J connectivity index is 2.10. The highest BCUT2D eigenvalue weighted by atomic mass is 16.5. The van der Waals surface area contributed by atoms with E-state index < -0.39 is 0 Å². The molecule has 0 saturated carbocycles. The van der Waals surface area contributed by atoms with E-state index in [1.165, 1.54) is 16.7 Å². The third-order valence-electron chi connectivity index (χ3n) is 3.36. The molecule has 2 atom stereocenters. The predicted octanol–water partition coefficient (Wildman–Crippen LogP) is 2.74. The standard InChI is InChI=1S/C14H21NO/c1-4-12-9-16-14(8-15-12)13-7-10(2)5-6-11(13)3/h5-7,12,14-15H,4,8-9H2,1-3H3. The second kappa shape index (κ2) is 4.98. The van der Waals surface area contributed by atoms with Gasteiger partial charge in [-0.2, -0.15) is 0 Å². The van der Waals surface area contributed by atoms with Crippen LogP contribution in [0.2, 0.25) is 0 Å². The van der Waals surface area contributed by atoms with Crippen molar-refractivity contribution in [3.63, 3.8) is 0 Å². The summed E-state index contributed by atoms with van der Waals surface area (Å²) in [5.74, 6) is 0. The molecule has 1 heterocycles. The summed E-state index contributed by atoms with van der Waals surface area (Å²) >= 11 is 0. The number of aryl methyl sites for hydroxylation is 2. The van der Waals surface area contributed by atoms with Gasteiger partial charge in [-0.25, -0.2) is 0 Å². The molecule has 0 radical (unpaired) electrons. The van der Waals surface area contributed by atoms with Crippen LogP contribution in [-0.4, -0.2) is 19.2 Å². The zero-order chi connectivity index (χ0) is 11.5. The average Bonchev–Trinajstić information content (AvgIpc) is 2.32. The third kappa shape index (κ3) is 2.45. The average molecular weight is 219 g/mol. The normalized spacial score (nSPS) is 25.7. The van der Waals surface area contributed by atoms with Crippen LogP contribution < -0.4 is 5.32 Å². The number of nitrogens with one attached hydrogen (secondary N) is 1. The second-order valence-electron chi connectivity index (χ2n) is 4.70. The van der Waals surface area contributed by atoms with Crippen molar-refractivity contribution >= 4 is 0 Å². The van der Waals surface area contributed by atoms with Crippen molar-refractivity contribution in [2.75, 3.05) is 13.2 Å². The molecule has 1 aliphatic heterocycles. The minimum atomic E-state index is 0.225. The molecule has 1 saturated heterocycles. The van der Waals surface area contributed by atoms with Crippen LogP contribution in [0, 0.1) is 13.8 Å². The Bertz CT molecular complexity index is 354. The van der Waals surface area contributed by atoms with Gasteiger partial charge in [-0.1, -0.05) is 30.7 Å². The molecule has 2 nitrogen and oxygen atoms in total. The quantitative estimate of drug-likeness (QED) is 0.826. The molecule has 0 spiro atoms. The maximum absolute atomic E-state index is 5.94. The molecule has 1 N–H and O–H groups in total. The fraction of sp³-hybridized carbons (Fsp3) is 0.571. The monoisotopic (exact) mass is 219 g/mol. The summed E-state index contributed by atoms with van der Waals surface area (Å²) in [5, 5.41) is 3.54. The first kappa shape index (κ1) is 11.6. The zero-order valence-corrected chi connectivity index (χ0v) is 10.4. The Labute approximate surface area is 98.0 Å². The van der Waals surface area contributed by atoms with Crippen molar-refractivity contribution in [2.45, 2.75) is 39.3 Å². The van der Waals surface area contributed by atoms with Crippen LogP contribution in [0.3, 0.4) is 0 Å². The molecule has 1 aliphatic rings. The van der Waals surface area contributed by atoms with Crippen molar-refractivity contribution in [1.29, 1.82) is 0 Å². The van der Waals surface area contributed by atoms with Crippen LogP contribution in [0.25, 0.3) is 0 Å². The lowest BCUT2D eigenvalue weighted by atomic mass is 9.99. The van der Waals surface area contributed by atoms with E-state index in [0.29, 0.717) is 6.04 Å². The molecule has 0 bridgehead atoms. The summed E-state index contributed by atoms with van der Waals surface area (Å²) < 4.78 is 5.94. The third-order valence-corrected chi connectivity index (χ3v) is 3.36. The van der Waals surface area contributed by atoms with E-state index in [4.69, 9.17) is 4.74 Å². The van der Waals surface area contributed by atoms with E-state index in [1.807, 2.05) is 0 Å². The Kier molecular flexibility index (Phi) is 3.62. The number of hydrogen-bond acceptors (Lipinski definition) is 2. The molecule has 88 valence electrons. The van der Waals surface area contributed by atoms with Crippen molar-refractivity contribution in [2.24, 2.45) is 0 Å². The van der Waals surface area contributed by atoms with Gasteiger partial charge in [0.15, 0.2) is 0 Å². The summed E-state index contributed by atoms with van der Waals surface area (Å²) in [6.07, 6.45) is 1.36. The van der Waals surface area contributed by atoms with Gasteiger partial charge in [-0.3, -0.25) is 0 Å². The first-order valence-electron chi connectivity index (χ1n) is 6.13. The maximum atomic E-state index is 5.94. The van der Waals surface area contributed by atoms with Crippen molar-refractivity contribution < 1.29 is 4.74 Å². The van der Waals surface area contributed by atoms with Crippen molar-refractivity contribution in [1.82, 2.24) is 5.32 Å². The first-order chi connectivity index (χ1) is 7.70. The molecule has 2 unspecified atom stereocenters. The van der Waals surface area contributed by atoms with Crippen LogP contribution in [0.5, 0.6) is 0 Å². The summed E-state index contributed by atoms with van der Waals surface area (Å²) in [7, 11) is 0. The highest BCUT2D eigenvalue weighted by molar-refractivity contribution is 5.32. The molecule has 2 rings (SSSR count). The molecule has 2 heteroatoms. The van der Waals surface area contributed by atoms with Gasteiger partial charge >= 0.3 is 0 Å². The fourth-order valence-corrected chi connectivity index (χ4v) is 2.19. The van der Waals surface area contributed by atoms with Crippen LogP contribution in [-0.2, 0) is 4.74 Å². The number of benzene rings is 1. The zero-order valence-electron chi connectivity index (χ0n) is 10.4. The second-order valence-corrected chi connectivity index (χ2v) is 4.70. The van der Waals surface area contributed by atoms with Crippen LogP contribution in [0.4, 0.5) is 0 Å². The SMILES string of the molecule is CCC1COC(c2cc(C)ccc2C)CN1. The number of rotatable bonds is 2. The van der Waals surface area contributed by atoms with E-state index in [0.717, 1.165) is 19.6 Å². The summed E-state index contributed by atoms with van der Waals surface area (Å²) in [4.78, 5) is 0. The molecule has 0 amide bonds. The Hall–Kier alpha value is -0.860. The number of hydrogen-bond donors (Lipinski definition) is 1. The van der Waals surface area contributed by atoms with Gasteiger partial charge in [-0.05, 0) is 31.4 Å². The van der Waals surface area contributed by atoms with Gasteiger partial charge in [-0.15, -0.1) is 0 Å². The topological polar surface area (TPSA) is 21.3 Å². The maximum Gasteiger partial charge on any atom is 0.0952 e. The van der Waals surface area contributed by atoms with Gasteiger partial charge in [0.2, 0.25) is 0 Å². The van der Waals surface area contributed by atoms with Crippen LogP contribution >= 0.6 is 0 Å². The molecule has 0 aromatic heterocycles. The lowest BCUT2D eigenvalue weighted by Crippen LogP contribution is -2.42. The van der Waals surface area contributed by atoms with E-state index in [1.54, 1.807) is 0 Å². The van der Waals surface area contributed by atoms with E-state index >= 15 is 0 Å². The van der Waals surface area contributed by atoms with E-state index in [9.17, 15) is 0 Å². The fourth-order valence-electron chi connectivity index (χ4n) is 2.19. The molecule has 16 heavy (non-hydrogen) atoms. The minimum Gasteiger partial charge on any atom is -0.371 e. The molecule has 0 aliphatic carbocycles. The molecule has 1 fully saturated rings. The Morgan fingerprint density at radius 2 is 2.19 bits per heavy atom. The molecule has 1 aromatic carbocycles. The van der Waals surface area contributed by atoms with Gasteiger partial charge in [0.05, 0.1) is 12.7 Å². The van der Waals surface area contributed by atoms with Crippen molar-refractivity contribution in [3.05, 3.63) is 34.9 Å². The Morgan fingerprint density at radius 3 is 2.81 bits per heavy atom. The number of ether oxygens (including phenoxy) is 1.